The number of nitrogens with zero attached hydrogens (tertiary/aromatic N) is 2. The third-order valence-electron chi connectivity index (χ3n) is 4.62. The van der Waals surface area contributed by atoms with Gasteiger partial charge in [-0.05, 0) is 65.3 Å². The number of carbonyl (C=O) groups excluding carboxylic acids is 1. The van der Waals surface area contributed by atoms with Crippen molar-refractivity contribution in [3.63, 3.8) is 0 Å². The van der Waals surface area contributed by atoms with Gasteiger partial charge in [0.2, 0.25) is 0 Å². The highest BCUT2D eigenvalue weighted by Gasteiger charge is 2.17. The van der Waals surface area contributed by atoms with Crippen LogP contribution in [0.15, 0.2) is 53.0 Å². The number of anilines is 1. The van der Waals surface area contributed by atoms with Crippen molar-refractivity contribution < 1.29 is 9.18 Å². The van der Waals surface area contributed by atoms with Crippen LogP contribution in [0, 0.1) is 5.82 Å². The number of nitrogens with one attached hydrogen (secondary N) is 1. The van der Waals surface area contributed by atoms with E-state index in [0.29, 0.717) is 12.1 Å². The summed E-state index contributed by atoms with van der Waals surface area (Å²) >= 11 is 3.40. The Morgan fingerprint density at radius 2 is 1.73 bits per heavy atom. The average molecular weight is 420 g/mol. The molecule has 0 aromatic heterocycles. The van der Waals surface area contributed by atoms with Gasteiger partial charge in [-0.1, -0.05) is 12.1 Å². The Balaban J connectivity index is 1.36. The Labute approximate surface area is 162 Å². The summed E-state index contributed by atoms with van der Waals surface area (Å²) in [4.78, 5) is 16.8. The number of amides is 1. The van der Waals surface area contributed by atoms with Gasteiger partial charge in [-0.15, -0.1) is 0 Å². The Morgan fingerprint density at radius 1 is 1.04 bits per heavy atom. The first-order valence-corrected chi connectivity index (χ1v) is 9.68. The van der Waals surface area contributed by atoms with Crippen LogP contribution in [-0.2, 0) is 0 Å². The first kappa shape index (κ1) is 18.9. The van der Waals surface area contributed by atoms with Crippen molar-refractivity contribution in [2.45, 2.75) is 6.42 Å². The molecule has 3 rings (SSSR count). The lowest BCUT2D eigenvalue weighted by Crippen LogP contribution is -2.47. The molecular weight excluding hydrogens is 397 g/mol. The molecule has 1 heterocycles. The largest absolute Gasteiger partial charge is 0.369 e. The van der Waals surface area contributed by atoms with E-state index in [1.165, 1.54) is 12.1 Å². The first-order valence-electron chi connectivity index (χ1n) is 8.89. The summed E-state index contributed by atoms with van der Waals surface area (Å²) < 4.78 is 13.8. The van der Waals surface area contributed by atoms with E-state index in [0.717, 1.165) is 49.3 Å². The lowest BCUT2D eigenvalue weighted by atomic mass is 10.2. The van der Waals surface area contributed by atoms with Crippen LogP contribution < -0.4 is 10.2 Å². The second-order valence-corrected chi connectivity index (χ2v) is 7.25. The normalized spacial score (nSPS) is 15.1. The standard InChI is InChI=1S/C20H23BrFN3O/c21-19-5-2-1-4-18(19)20(26)23-10-3-11-24-12-14-25(15-13-24)17-8-6-16(22)7-9-17/h1-2,4-9H,3,10-15H2,(H,23,26). The Morgan fingerprint density at radius 3 is 2.42 bits per heavy atom. The van der Waals surface area contributed by atoms with Crippen molar-refractivity contribution in [2.75, 3.05) is 44.2 Å². The van der Waals surface area contributed by atoms with Gasteiger partial charge in [0, 0.05) is 42.9 Å². The number of benzene rings is 2. The van der Waals surface area contributed by atoms with Crippen molar-refractivity contribution in [1.82, 2.24) is 10.2 Å². The molecular formula is C20H23BrFN3O. The summed E-state index contributed by atoms with van der Waals surface area (Å²) in [5.74, 6) is -0.240. The third-order valence-corrected chi connectivity index (χ3v) is 5.31. The smallest absolute Gasteiger partial charge is 0.252 e. The fourth-order valence-electron chi connectivity index (χ4n) is 3.13. The van der Waals surface area contributed by atoms with Crippen LogP contribution in [-0.4, -0.2) is 50.1 Å². The van der Waals surface area contributed by atoms with Gasteiger partial charge in [-0.2, -0.15) is 0 Å². The van der Waals surface area contributed by atoms with E-state index in [-0.39, 0.29) is 11.7 Å². The summed E-state index contributed by atoms with van der Waals surface area (Å²) in [6.07, 6.45) is 0.923. The van der Waals surface area contributed by atoms with E-state index in [9.17, 15) is 9.18 Å². The van der Waals surface area contributed by atoms with Crippen molar-refractivity contribution in [1.29, 1.82) is 0 Å². The third kappa shape index (κ3) is 5.05. The number of halogens is 2. The molecule has 1 aliphatic rings. The zero-order valence-electron chi connectivity index (χ0n) is 14.6. The number of carbonyl (C=O) groups is 1. The maximum absolute atomic E-state index is 13.0. The number of hydrogen-bond acceptors (Lipinski definition) is 3. The fraction of sp³-hybridized carbons (Fsp3) is 0.350. The van der Waals surface area contributed by atoms with Gasteiger partial charge in [-0.25, -0.2) is 4.39 Å². The molecule has 1 N–H and O–H groups in total. The van der Waals surface area contributed by atoms with Crippen molar-refractivity contribution >= 4 is 27.5 Å². The number of hydrogen-bond donors (Lipinski definition) is 1. The van der Waals surface area contributed by atoms with Gasteiger partial charge >= 0.3 is 0 Å². The fourth-order valence-corrected chi connectivity index (χ4v) is 3.59. The maximum atomic E-state index is 13.0. The molecule has 2 aromatic carbocycles. The minimum Gasteiger partial charge on any atom is -0.369 e. The molecule has 0 saturated carbocycles. The molecule has 138 valence electrons. The van der Waals surface area contributed by atoms with Gasteiger partial charge in [0.15, 0.2) is 0 Å². The summed E-state index contributed by atoms with van der Waals surface area (Å²) in [5.41, 5.74) is 1.74. The molecule has 2 aromatic rings. The highest BCUT2D eigenvalue weighted by atomic mass is 79.9. The predicted octanol–water partition coefficient (Wildman–Crippen LogP) is 3.53. The number of rotatable bonds is 6. The van der Waals surface area contributed by atoms with Gasteiger partial charge in [0.1, 0.15) is 5.82 Å². The second kappa shape index (κ2) is 9.14. The van der Waals surface area contributed by atoms with E-state index in [1.54, 1.807) is 0 Å². The average Bonchev–Trinajstić information content (AvgIpc) is 2.66. The second-order valence-electron chi connectivity index (χ2n) is 6.39. The highest BCUT2D eigenvalue weighted by Crippen LogP contribution is 2.17. The topological polar surface area (TPSA) is 35.6 Å². The minimum absolute atomic E-state index is 0.0430. The zero-order chi connectivity index (χ0) is 18.4. The molecule has 0 atom stereocenters. The quantitative estimate of drug-likeness (QED) is 0.727. The molecule has 1 fully saturated rings. The Kier molecular flexibility index (Phi) is 6.63. The molecule has 0 bridgehead atoms. The molecule has 0 radical (unpaired) electrons. The van der Waals surface area contributed by atoms with Crippen LogP contribution >= 0.6 is 15.9 Å². The van der Waals surface area contributed by atoms with Crippen molar-refractivity contribution in [2.24, 2.45) is 0 Å². The van der Waals surface area contributed by atoms with Crippen LogP contribution in [0.5, 0.6) is 0 Å². The Bertz CT molecular complexity index is 730. The van der Waals surface area contributed by atoms with Crippen LogP contribution in [0.25, 0.3) is 0 Å². The van der Waals surface area contributed by atoms with Crippen LogP contribution in [0.3, 0.4) is 0 Å². The molecule has 26 heavy (non-hydrogen) atoms. The summed E-state index contributed by atoms with van der Waals surface area (Å²) in [6.45, 7) is 5.47. The highest BCUT2D eigenvalue weighted by molar-refractivity contribution is 9.10. The van der Waals surface area contributed by atoms with E-state index >= 15 is 0 Å². The summed E-state index contributed by atoms with van der Waals surface area (Å²) in [6, 6.07) is 14.1. The van der Waals surface area contributed by atoms with Gasteiger partial charge in [0.25, 0.3) is 5.91 Å². The lowest BCUT2D eigenvalue weighted by molar-refractivity contribution is 0.0950. The lowest BCUT2D eigenvalue weighted by Gasteiger charge is -2.36. The van der Waals surface area contributed by atoms with Crippen molar-refractivity contribution in [3.05, 3.63) is 64.4 Å². The van der Waals surface area contributed by atoms with Crippen molar-refractivity contribution in [3.8, 4) is 0 Å². The van der Waals surface area contributed by atoms with E-state index in [4.69, 9.17) is 0 Å². The summed E-state index contributed by atoms with van der Waals surface area (Å²) in [7, 11) is 0. The van der Waals surface area contributed by atoms with Crippen LogP contribution in [0.2, 0.25) is 0 Å². The van der Waals surface area contributed by atoms with Gasteiger partial charge in [0.05, 0.1) is 5.56 Å². The predicted molar refractivity (Wildman–Crippen MR) is 106 cm³/mol. The molecule has 1 aliphatic heterocycles. The van der Waals surface area contributed by atoms with Gasteiger partial charge < -0.3 is 10.2 Å². The molecule has 0 spiro atoms. The first-order chi connectivity index (χ1) is 12.6. The molecule has 1 saturated heterocycles. The van der Waals surface area contributed by atoms with E-state index in [1.807, 2.05) is 36.4 Å². The molecule has 0 unspecified atom stereocenters. The monoisotopic (exact) mass is 419 g/mol. The zero-order valence-corrected chi connectivity index (χ0v) is 16.2. The van der Waals surface area contributed by atoms with E-state index in [2.05, 4.69) is 31.0 Å². The summed E-state index contributed by atoms with van der Waals surface area (Å²) in [5, 5.41) is 2.98. The Hall–Kier alpha value is -1.92. The van der Waals surface area contributed by atoms with Crippen LogP contribution in [0.4, 0.5) is 10.1 Å². The molecule has 0 aliphatic carbocycles. The molecule has 1 amide bonds. The number of piperazine rings is 1. The SMILES string of the molecule is O=C(NCCCN1CCN(c2ccc(F)cc2)CC1)c1ccccc1Br. The van der Waals surface area contributed by atoms with Crippen LogP contribution in [0.1, 0.15) is 16.8 Å². The maximum Gasteiger partial charge on any atom is 0.252 e. The van der Waals surface area contributed by atoms with E-state index < -0.39 is 0 Å². The minimum atomic E-state index is -0.197. The van der Waals surface area contributed by atoms with Gasteiger partial charge in [-0.3, -0.25) is 9.69 Å². The molecule has 6 heteroatoms. The molecule has 4 nitrogen and oxygen atoms in total.